The van der Waals surface area contributed by atoms with Crippen LogP contribution in [0.25, 0.3) is 0 Å². The molecule has 1 atom stereocenters. The van der Waals surface area contributed by atoms with E-state index in [9.17, 15) is 4.39 Å². The van der Waals surface area contributed by atoms with E-state index in [1.807, 2.05) is 0 Å². The van der Waals surface area contributed by atoms with Crippen LogP contribution in [0.5, 0.6) is 0 Å². The molecule has 0 spiro atoms. The van der Waals surface area contributed by atoms with Crippen molar-refractivity contribution in [1.82, 2.24) is 15.3 Å². The average molecular weight is 252 g/mol. The first-order valence-corrected chi connectivity index (χ1v) is 6.61. The van der Waals surface area contributed by atoms with Gasteiger partial charge in [-0.25, -0.2) is 14.4 Å². The van der Waals surface area contributed by atoms with Crippen LogP contribution >= 0.6 is 0 Å². The van der Waals surface area contributed by atoms with Gasteiger partial charge in [-0.3, -0.25) is 0 Å². The molecule has 5 heteroatoms. The highest BCUT2D eigenvalue weighted by atomic mass is 19.1. The quantitative estimate of drug-likeness (QED) is 0.887. The summed E-state index contributed by atoms with van der Waals surface area (Å²) in [6, 6.07) is 0.516. The molecule has 2 rings (SSSR count). The monoisotopic (exact) mass is 252 g/mol. The van der Waals surface area contributed by atoms with Crippen LogP contribution in [0.1, 0.15) is 26.7 Å². The van der Waals surface area contributed by atoms with E-state index in [0.29, 0.717) is 17.9 Å². The Morgan fingerprint density at radius 1 is 1.44 bits per heavy atom. The van der Waals surface area contributed by atoms with Gasteiger partial charge in [-0.1, -0.05) is 13.8 Å². The van der Waals surface area contributed by atoms with E-state index < -0.39 is 0 Å². The molecule has 0 radical (unpaired) electrons. The zero-order chi connectivity index (χ0) is 13.0. The van der Waals surface area contributed by atoms with Crippen LogP contribution in [0.2, 0.25) is 0 Å². The minimum absolute atomic E-state index is 0.381. The van der Waals surface area contributed by atoms with Gasteiger partial charge in [0.15, 0.2) is 5.82 Å². The number of nitrogens with one attached hydrogen (secondary N) is 1. The number of anilines is 1. The topological polar surface area (TPSA) is 41.0 Å². The van der Waals surface area contributed by atoms with Crippen LogP contribution < -0.4 is 10.2 Å². The van der Waals surface area contributed by atoms with Crippen LogP contribution in [0, 0.1) is 11.7 Å². The maximum atomic E-state index is 12.8. The summed E-state index contributed by atoms with van der Waals surface area (Å²) in [7, 11) is 0. The molecule has 0 bridgehead atoms. The van der Waals surface area contributed by atoms with Gasteiger partial charge in [0.05, 0.1) is 12.4 Å². The molecule has 1 aliphatic rings. The Hall–Kier alpha value is -1.23. The van der Waals surface area contributed by atoms with Crippen LogP contribution in [0.3, 0.4) is 0 Å². The Bertz CT molecular complexity index is 366. The number of rotatable bonds is 4. The minimum atomic E-state index is -0.381. The maximum Gasteiger partial charge on any atom is 0.225 e. The summed E-state index contributed by atoms with van der Waals surface area (Å²) in [5, 5.41) is 3.47. The molecule has 0 saturated carbocycles. The number of hydrogen-bond donors (Lipinski definition) is 1. The van der Waals surface area contributed by atoms with Crippen molar-refractivity contribution >= 4 is 5.95 Å². The molecule has 1 aliphatic heterocycles. The third-order valence-corrected chi connectivity index (χ3v) is 3.22. The highest BCUT2D eigenvalue weighted by Gasteiger charge is 2.21. The lowest BCUT2D eigenvalue weighted by Crippen LogP contribution is -2.41. The summed E-state index contributed by atoms with van der Waals surface area (Å²) in [6.07, 6.45) is 4.85. The molecule has 0 amide bonds. The summed E-state index contributed by atoms with van der Waals surface area (Å²) in [4.78, 5) is 10.3. The molecule has 0 aromatic carbocycles. The Balaban J connectivity index is 1.91. The lowest BCUT2D eigenvalue weighted by Gasteiger charge is -2.33. The summed E-state index contributed by atoms with van der Waals surface area (Å²) in [5.41, 5.74) is 0. The van der Waals surface area contributed by atoms with Gasteiger partial charge in [0.25, 0.3) is 0 Å². The number of hydrogen-bond acceptors (Lipinski definition) is 4. The van der Waals surface area contributed by atoms with Gasteiger partial charge in [-0.15, -0.1) is 0 Å². The first-order valence-electron chi connectivity index (χ1n) is 6.61. The van der Waals surface area contributed by atoms with E-state index in [-0.39, 0.29) is 5.82 Å². The Labute approximate surface area is 108 Å². The molecular formula is C13H21FN4. The fourth-order valence-electron chi connectivity index (χ4n) is 2.28. The molecule has 1 fully saturated rings. The van der Waals surface area contributed by atoms with Crippen molar-refractivity contribution < 1.29 is 4.39 Å². The lowest BCUT2D eigenvalue weighted by atomic mass is 9.98. The number of halogens is 1. The van der Waals surface area contributed by atoms with Crippen molar-refractivity contribution in [3.8, 4) is 0 Å². The molecule has 1 unspecified atom stereocenters. The van der Waals surface area contributed by atoms with Gasteiger partial charge in [0.2, 0.25) is 5.95 Å². The van der Waals surface area contributed by atoms with Crippen LogP contribution in [-0.4, -0.2) is 35.6 Å². The molecule has 100 valence electrons. The maximum absolute atomic E-state index is 12.8. The van der Waals surface area contributed by atoms with E-state index in [2.05, 4.69) is 34.0 Å². The lowest BCUT2D eigenvalue weighted by molar-refractivity contribution is 0.376. The highest BCUT2D eigenvalue weighted by molar-refractivity contribution is 5.29. The third-order valence-electron chi connectivity index (χ3n) is 3.22. The number of nitrogens with zero attached hydrogens (tertiary/aromatic N) is 3. The molecule has 4 nitrogen and oxygen atoms in total. The van der Waals surface area contributed by atoms with E-state index >= 15 is 0 Å². The fraction of sp³-hybridized carbons (Fsp3) is 0.692. The van der Waals surface area contributed by atoms with Crippen molar-refractivity contribution in [1.29, 1.82) is 0 Å². The molecule has 1 aromatic rings. The molecular weight excluding hydrogens is 231 g/mol. The van der Waals surface area contributed by atoms with Crippen LogP contribution in [0.4, 0.5) is 10.3 Å². The summed E-state index contributed by atoms with van der Waals surface area (Å²) >= 11 is 0. The zero-order valence-electron chi connectivity index (χ0n) is 11.1. The first kappa shape index (κ1) is 13.2. The summed E-state index contributed by atoms with van der Waals surface area (Å²) in [5.74, 6) is 0.884. The van der Waals surface area contributed by atoms with Crippen molar-refractivity contribution in [2.24, 2.45) is 5.92 Å². The van der Waals surface area contributed by atoms with Crippen molar-refractivity contribution in [3.63, 3.8) is 0 Å². The fourth-order valence-corrected chi connectivity index (χ4v) is 2.28. The van der Waals surface area contributed by atoms with E-state index in [1.54, 1.807) is 0 Å². The van der Waals surface area contributed by atoms with Crippen LogP contribution in [0.15, 0.2) is 12.4 Å². The first-order chi connectivity index (χ1) is 8.65. The Morgan fingerprint density at radius 3 is 2.83 bits per heavy atom. The second-order valence-electron chi connectivity index (χ2n) is 5.22. The largest absolute Gasteiger partial charge is 0.341 e. The summed E-state index contributed by atoms with van der Waals surface area (Å²) in [6.45, 7) is 7.25. The predicted octanol–water partition coefficient (Wildman–Crippen LogP) is 1.83. The SMILES string of the molecule is CC(C)NCC1CCCN(c2ncc(F)cn2)C1. The molecule has 1 aromatic heterocycles. The molecule has 0 aliphatic carbocycles. The van der Waals surface area contributed by atoms with Gasteiger partial charge in [-0.2, -0.15) is 0 Å². The summed E-state index contributed by atoms with van der Waals surface area (Å²) < 4.78 is 12.8. The van der Waals surface area contributed by atoms with Gasteiger partial charge >= 0.3 is 0 Å². The van der Waals surface area contributed by atoms with Crippen molar-refractivity contribution in [3.05, 3.63) is 18.2 Å². The molecule has 18 heavy (non-hydrogen) atoms. The number of piperidine rings is 1. The van der Waals surface area contributed by atoms with Gasteiger partial charge in [-0.05, 0) is 25.3 Å². The van der Waals surface area contributed by atoms with Gasteiger partial charge in [0.1, 0.15) is 0 Å². The smallest absolute Gasteiger partial charge is 0.225 e. The van der Waals surface area contributed by atoms with E-state index in [1.165, 1.54) is 18.8 Å². The standard InChI is InChI=1S/C13H21FN4/c1-10(2)15-6-11-4-3-5-18(9-11)13-16-7-12(14)8-17-13/h7-8,10-11,15H,3-6,9H2,1-2H3. The number of aromatic nitrogens is 2. The van der Waals surface area contributed by atoms with Crippen molar-refractivity contribution in [2.75, 3.05) is 24.5 Å². The average Bonchev–Trinajstić information content (AvgIpc) is 2.37. The second-order valence-corrected chi connectivity index (χ2v) is 5.22. The molecule has 1 N–H and O–H groups in total. The normalized spacial score (nSPS) is 20.4. The van der Waals surface area contributed by atoms with Crippen LogP contribution in [-0.2, 0) is 0 Å². The zero-order valence-corrected chi connectivity index (χ0v) is 11.1. The Morgan fingerprint density at radius 2 is 2.17 bits per heavy atom. The second kappa shape index (κ2) is 6.09. The predicted molar refractivity (Wildman–Crippen MR) is 70.1 cm³/mol. The van der Waals surface area contributed by atoms with Crippen molar-refractivity contribution in [2.45, 2.75) is 32.7 Å². The van der Waals surface area contributed by atoms with E-state index in [0.717, 1.165) is 26.1 Å². The van der Waals surface area contributed by atoms with Gasteiger partial charge in [0, 0.05) is 19.1 Å². The molecule has 2 heterocycles. The molecule has 1 saturated heterocycles. The van der Waals surface area contributed by atoms with E-state index in [4.69, 9.17) is 0 Å². The van der Waals surface area contributed by atoms with Gasteiger partial charge < -0.3 is 10.2 Å². The Kier molecular flexibility index (Phi) is 4.47. The highest BCUT2D eigenvalue weighted by Crippen LogP contribution is 2.19. The minimum Gasteiger partial charge on any atom is -0.341 e. The third kappa shape index (κ3) is 3.63.